The summed E-state index contributed by atoms with van der Waals surface area (Å²) < 4.78 is 5.16. The molecule has 0 aliphatic rings. The molecular formula is C13H18O3. The molecule has 0 aliphatic heterocycles. The number of aliphatic hydroxyl groups excluding tert-OH is 1. The van der Waals surface area contributed by atoms with Crippen molar-refractivity contribution in [1.29, 1.82) is 0 Å². The lowest BCUT2D eigenvalue weighted by Crippen LogP contribution is -2.20. The zero-order chi connectivity index (χ0) is 12.0. The van der Waals surface area contributed by atoms with Gasteiger partial charge in [-0.2, -0.15) is 0 Å². The van der Waals surface area contributed by atoms with Crippen LogP contribution < -0.4 is 0 Å². The summed E-state index contributed by atoms with van der Waals surface area (Å²) >= 11 is 0. The number of aliphatic hydroxyl groups is 1. The van der Waals surface area contributed by atoms with Crippen molar-refractivity contribution in [2.45, 2.75) is 13.8 Å². The van der Waals surface area contributed by atoms with Crippen LogP contribution in [0.5, 0.6) is 0 Å². The lowest BCUT2D eigenvalue weighted by atomic mass is 9.98. The van der Waals surface area contributed by atoms with Crippen molar-refractivity contribution in [3.63, 3.8) is 0 Å². The van der Waals surface area contributed by atoms with Gasteiger partial charge in [0.15, 0.2) is 0 Å². The number of ether oxygens (including phenoxy) is 1. The first-order chi connectivity index (χ1) is 7.65. The van der Waals surface area contributed by atoms with E-state index in [0.29, 0.717) is 12.2 Å². The second-order valence-corrected chi connectivity index (χ2v) is 4.10. The molecular weight excluding hydrogens is 204 g/mol. The summed E-state index contributed by atoms with van der Waals surface area (Å²) in [6.07, 6.45) is 0. The SMILES string of the molecule is CC(CO)C(C)COC(=O)c1ccccc1. The van der Waals surface area contributed by atoms with E-state index in [1.165, 1.54) is 0 Å². The Labute approximate surface area is 96.1 Å². The molecule has 0 saturated carbocycles. The van der Waals surface area contributed by atoms with E-state index < -0.39 is 0 Å². The van der Waals surface area contributed by atoms with Crippen LogP contribution in [0.4, 0.5) is 0 Å². The van der Waals surface area contributed by atoms with Crippen LogP contribution in [0.2, 0.25) is 0 Å². The molecule has 3 nitrogen and oxygen atoms in total. The van der Waals surface area contributed by atoms with Crippen LogP contribution in [0.15, 0.2) is 30.3 Å². The maximum atomic E-state index is 11.6. The average molecular weight is 222 g/mol. The normalized spacial score (nSPS) is 14.2. The predicted octanol–water partition coefficient (Wildman–Crippen LogP) is 2.11. The fourth-order valence-electron chi connectivity index (χ4n) is 1.21. The van der Waals surface area contributed by atoms with E-state index in [1.807, 2.05) is 19.9 Å². The van der Waals surface area contributed by atoms with Crippen LogP contribution in [-0.2, 0) is 4.74 Å². The maximum absolute atomic E-state index is 11.6. The zero-order valence-electron chi connectivity index (χ0n) is 9.72. The summed E-state index contributed by atoms with van der Waals surface area (Å²) in [5.74, 6) is -0.00109. The minimum atomic E-state index is -0.308. The molecule has 0 bridgehead atoms. The van der Waals surface area contributed by atoms with Crippen LogP contribution in [0.25, 0.3) is 0 Å². The summed E-state index contributed by atoms with van der Waals surface area (Å²) in [5, 5.41) is 8.95. The molecule has 88 valence electrons. The number of carbonyl (C=O) groups is 1. The Hall–Kier alpha value is -1.35. The highest BCUT2D eigenvalue weighted by Gasteiger charge is 2.14. The third-order valence-corrected chi connectivity index (χ3v) is 2.75. The second-order valence-electron chi connectivity index (χ2n) is 4.10. The Morgan fingerprint density at radius 2 is 1.88 bits per heavy atom. The molecule has 0 saturated heterocycles. The number of carbonyl (C=O) groups excluding carboxylic acids is 1. The summed E-state index contributed by atoms with van der Waals surface area (Å²) in [5.41, 5.74) is 0.561. The Balaban J connectivity index is 2.42. The number of hydrogen-bond acceptors (Lipinski definition) is 3. The van der Waals surface area contributed by atoms with Crippen molar-refractivity contribution in [3.8, 4) is 0 Å². The summed E-state index contributed by atoms with van der Waals surface area (Å²) in [4.78, 5) is 11.6. The van der Waals surface area contributed by atoms with Gasteiger partial charge in [0, 0.05) is 6.61 Å². The minimum absolute atomic E-state index is 0.115. The minimum Gasteiger partial charge on any atom is -0.462 e. The van der Waals surface area contributed by atoms with Gasteiger partial charge < -0.3 is 9.84 Å². The Morgan fingerprint density at radius 1 is 1.25 bits per heavy atom. The van der Waals surface area contributed by atoms with Gasteiger partial charge in [-0.1, -0.05) is 32.0 Å². The van der Waals surface area contributed by atoms with E-state index in [1.54, 1.807) is 24.3 Å². The quantitative estimate of drug-likeness (QED) is 0.776. The molecule has 0 radical (unpaired) electrons. The van der Waals surface area contributed by atoms with E-state index in [4.69, 9.17) is 9.84 Å². The van der Waals surface area contributed by atoms with Crippen molar-refractivity contribution in [2.24, 2.45) is 11.8 Å². The van der Waals surface area contributed by atoms with Crippen molar-refractivity contribution in [1.82, 2.24) is 0 Å². The van der Waals surface area contributed by atoms with E-state index in [2.05, 4.69) is 0 Å². The molecule has 0 amide bonds. The van der Waals surface area contributed by atoms with Gasteiger partial charge in [0.2, 0.25) is 0 Å². The first-order valence-electron chi connectivity index (χ1n) is 5.48. The van der Waals surface area contributed by atoms with Crippen LogP contribution >= 0.6 is 0 Å². The fourth-order valence-corrected chi connectivity index (χ4v) is 1.21. The van der Waals surface area contributed by atoms with Crippen molar-refractivity contribution in [2.75, 3.05) is 13.2 Å². The third kappa shape index (κ3) is 3.66. The van der Waals surface area contributed by atoms with Gasteiger partial charge in [0.25, 0.3) is 0 Å². The number of hydrogen-bond donors (Lipinski definition) is 1. The van der Waals surface area contributed by atoms with E-state index in [0.717, 1.165) is 0 Å². The highest BCUT2D eigenvalue weighted by Crippen LogP contribution is 2.11. The van der Waals surface area contributed by atoms with E-state index in [9.17, 15) is 4.79 Å². The topological polar surface area (TPSA) is 46.5 Å². The smallest absolute Gasteiger partial charge is 0.338 e. The lowest BCUT2D eigenvalue weighted by molar-refractivity contribution is 0.0381. The highest BCUT2D eigenvalue weighted by atomic mass is 16.5. The first kappa shape index (κ1) is 12.7. The summed E-state index contributed by atoms with van der Waals surface area (Å²) in [6.45, 7) is 4.35. The molecule has 0 spiro atoms. The number of rotatable bonds is 5. The standard InChI is InChI=1S/C13H18O3/c1-10(8-14)11(2)9-16-13(15)12-6-4-3-5-7-12/h3-7,10-11,14H,8-9H2,1-2H3. The van der Waals surface area contributed by atoms with Crippen molar-refractivity contribution < 1.29 is 14.6 Å². The monoisotopic (exact) mass is 222 g/mol. The summed E-state index contributed by atoms with van der Waals surface area (Å²) in [6, 6.07) is 8.91. The maximum Gasteiger partial charge on any atom is 0.338 e. The molecule has 1 N–H and O–H groups in total. The molecule has 1 rings (SSSR count). The van der Waals surface area contributed by atoms with E-state index in [-0.39, 0.29) is 24.4 Å². The molecule has 0 aromatic heterocycles. The molecule has 1 aromatic carbocycles. The van der Waals surface area contributed by atoms with E-state index >= 15 is 0 Å². The average Bonchev–Trinajstić information content (AvgIpc) is 2.35. The van der Waals surface area contributed by atoms with Gasteiger partial charge in [-0.25, -0.2) is 4.79 Å². The van der Waals surface area contributed by atoms with Gasteiger partial charge in [0.1, 0.15) is 0 Å². The number of esters is 1. The molecule has 0 heterocycles. The predicted molar refractivity (Wildman–Crippen MR) is 62.1 cm³/mol. The van der Waals surface area contributed by atoms with Gasteiger partial charge in [0.05, 0.1) is 12.2 Å². The Kier molecular flexibility index (Phi) is 4.99. The van der Waals surface area contributed by atoms with Crippen molar-refractivity contribution >= 4 is 5.97 Å². The Morgan fingerprint density at radius 3 is 2.44 bits per heavy atom. The third-order valence-electron chi connectivity index (χ3n) is 2.75. The summed E-state index contributed by atoms with van der Waals surface area (Å²) in [7, 11) is 0. The first-order valence-corrected chi connectivity index (χ1v) is 5.48. The molecule has 0 fully saturated rings. The molecule has 0 aliphatic carbocycles. The molecule has 3 heteroatoms. The zero-order valence-corrected chi connectivity index (χ0v) is 9.72. The largest absolute Gasteiger partial charge is 0.462 e. The van der Waals surface area contributed by atoms with Gasteiger partial charge in [-0.15, -0.1) is 0 Å². The van der Waals surface area contributed by atoms with Crippen LogP contribution in [-0.4, -0.2) is 24.3 Å². The molecule has 2 atom stereocenters. The highest BCUT2D eigenvalue weighted by molar-refractivity contribution is 5.89. The number of benzene rings is 1. The second kappa shape index (κ2) is 6.28. The van der Waals surface area contributed by atoms with Crippen LogP contribution in [0.3, 0.4) is 0 Å². The van der Waals surface area contributed by atoms with Gasteiger partial charge in [-0.3, -0.25) is 0 Å². The fraction of sp³-hybridized carbons (Fsp3) is 0.462. The van der Waals surface area contributed by atoms with Gasteiger partial charge >= 0.3 is 5.97 Å². The van der Waals surface area contributed by atoms with Crippen LogP contribution in [0.1, 0.15) is 24.2 Å². The van der Waals surface area contributed by atoms with Gasteiger partial charge in [-0.05, 0) is 24.0 Å². The lowest BCUT2D eigenvalue weighted by Gasteiger charge is -2.17. The molecule has 2 unspecified atom stereocenters. The molecule has 16 heavy (non-hydrogen) atoms. The molecule has 1 aromatic rings. The van der Waals surface area contributed by atoms with Crippen LogP contribution in [0, 0.1) is 11.8 Å². The van der Waals surface area contributed by atoms with Crippen molar-refractivity contribution in [3.05, 3.63) is 35.9 Å². The Bertz CT molecular complexity index is 321.